The Kier molecular flexibility index (Phi) is 7.42. The number of sulfonamides is 1. The van der Waals surface area contributed by atoms with Gasteiger partial charge in [0.05, 0.1) is 10.2 Å². The molecule has 0 bridgehead atoms. The summed E-state index contributed by atoms with van der Waals surface area (Å²) >= 11 is 3.13. The average molecular weight is 504 g/mol. The molecule has 0 saturated heterocycles. The van der Waals surface area contributed by atoms with Gasteiger partial charge in [-0.25, -0.2) is 22.6 Å². The van der Waals surface area contributed by atoms with Crippen LogP contribution in [0.2, 0.25) is 0 Å². The van der Waals surface area contributed by atoms with Gasteiger partial charge in [0.1, 0.15) is 11.5 Å². The van der Waals surface area contributed by atoms with E-state index in [4.69, 9.17) is 9.77 Å². The highest BCUT2D eigenvalue weighted by Gasteiger charge is 2.25. The molecule has 0 unspecified atom stereocenters. The first kappa shape index (κ1) is 22.6. The number of hydrogen-bond donors (Lipinski definition) is 3. The summed E-state index contributed by atoms with van der Waals surface area (Å²) in [6, 6.07) is 4.51. The largest absolute Gasteiger partial charge is 0.411 e. The second-order valence-corrected chi connectivity index (χ2v) is 10.0. The summed E-state index contributed by atoms with van der Waals surface area (Å²) in [5.74, 6) is 0.444. The second kappa shape index (κ2) is 9.84. The normalized spacial score (nSPS) is 20.3. The van der Waals surface area contributed by atoms with Gasteiger partial charge in [-0.15, -0.1) is 0 Å². The maximum Gasteiger partial charge on any atom is 0.209 e. The van der Waals surface area contributed by atoms with E-state index in [0.717, 1.165) is 31.2 Å². The van der Waals surface area contributed by atoms with Gasteiger partial charge in [-0.3, -0.25) is 0 Å². The van der Waals surface area contributed by atoms with Crippen molar-refractivity contribution in [2.75, 3.05) is 17.6 Å². The summed E-state index contributed by atoms with van der Waals surface area (Å²) in [5.41, 5.74) is 1.23. The van der Waals surface area contributed by atoms with E-state index in [-0.39, 0.29) is 35.3 Å². The Balaban J connectivity index is 1.58. The minimum Gasteiger partial charge on any atom is -0.411 e. The quantitative estimate of drug-likeness (QED) is 0.285. The molecule has 12 heteroatoms. The summed E-state index contributed by atoms with van der Waals surface area (Å²) in [6.07, 6.45) is 3.55. The molecule has 164 valence electrons. The van der Waals surface area contributed by atoms with Gasteiger partial charge in [0.2, 0.25) is 10.0 Å². The molecule has 0 radical (unpaired) electrons. The van der Waals surface area contributed by atoms with Gasteiger partial charge in [-0.05, 0) is 81.5 Å². The fourth-order valence-electron chi connectivity index (χ4n) is 3.68. The molecule has 3 rings (SSSR count). The zero-order valence-corrected chi connectivity index (χ0v) is 18.5. The van der Waals surface area contributed by atoms with Crippen LogP contribution in [0.5, 0.6) is 0 Å². The number of halogens is 2. The molecule has 4 N–H and O–H groups in total. The van der Waals surface area contributed by atoms with Gasteiger partial charge in [-0.2, -0.15) is 0 Å². The van der Waals surface area contributed by atoms with Gasteiger partial charge >= 0.3 is 0 Å². The Bertz CT molecular complexity index is 1010. The molecule has 2 aromatic rings. The fraction of sp³-hybridized carbons (Fsp3) is 0.500. The molecule has 1 heterocycles. The van der Waals surface area contributed by atoms with Gasteiger partial charge in [0.25, 0.3) is 0 Å². The fourth-order valence-corrected chi connectivity index (χ4v) is 5.09. The summed E-state index contributed by atoms with van der Waals surface area (Å²) in [6.45, 7) is 0.601. The molecule has 0 aliphatic heterocycles. The van der Waals surface area contributed by atoms with Gasteiger partial charge in [0, 0.05) is 13.0 Å². The van der Waals surface area contributed by atoms with E-state index in [0.29, 0.717) is 22.8 Å². The van der Waals surface area contributed by atoms with Crippen LogP contribution in [0.15, 0.2) is 32.5 Å². The Morgan fingerprint density at radius 3 is 2.63 bits per heavy atom. The molecule has 1 aliphatic carbocycles. The molecule has 0 spiro atoms. The van der Waals surface area contributed by atoms with Crippen molar-refractivity contribution in [3.05, 3.63) is 39.7 Å². The van der Waals surface area contributed by atoms with Crippen LogP contribution in [-0.4, -0.2) is 41.9 Å². The van der Waals surface area contributed by atoms with Gasteiger partial charge in [0.15, 0.2) is 11.5 Å². The Hall–Kier alpha value is -2.05. The first-order chi connectivity index (χ1) is 14.2. The van der Waals surface area contributed by atoms with Crippen LogP contribution in [0.1, 0.15) is 36.9 Å². The number of benzene rings is 1. The molecular weight excluding hydrogens is 481 g/mol. The van der Waals surface area contributed by atoms with E-state index >= 15 is 0 Å². The molecule has 1 fully saturated rings. The lowest BCUT2D eigenvalue weighted by Gasteiger charge is -2.28. The molecule has 1 aromatic heterocycles. The third-order valence-electron chi connectivity index (χ3n) is 5.23. The zero-order chi connectivity index (χ0) is 21.7. The number of anilines is 1. The van der Waals surface area contributed by atoms with Crippen LogP contribution in [0.25, 0.3) is 0 Å². The van der Waals surface area contributed by atoms with Crippen molar-refractivity contribution >= 4 is 37.5 Å². The number of aromatic nitrogens is 2. The Labute approximate surface area is 182 Å². The molecular formula is C18H23BrFN5O4S. The smallest absolute Gasteiger partial charge is 0.209 e. The van der Waals surface area contributed by atoms with Crippen molar-refractivity contribution in [2.45, 2.75) is 32.1 Å². The minimum absolute atomic E-state index is 0.0281. The number of nitrogens with one attached hydrogen (secondary N) is 1. The van der Waals surface area contributed by atoms with Gasteiger partial charge in [-0.1, -0.05) is 11.2 Å². The third kappa shape index (κ3) is 6.22. The number of nitrogens with two attached hydrogens (primary N) is 1. The van der Waals surface area contributed by atoms with Crippen molar-refractivity contribution in [1.29, 1.82) is 0 Å². The lowest BCUT2D eigenvalue weighted by Crippen LogP contribution is -2.28. The van der Waals surface area contributed by atoms with E-state index in [1.807, 2.05) is 0 Å². The summed E-state index contributed by atoms with van der Waals surface area (Å²) in [5, 5.41) is 28.8. The van der Waals surface area contributed by atoms with E-state index in [1.165, 1.54) is 6.07 Å². The molecule has 1 aromatic carbocycles. The second-order valence-electron chi connectivity index (χ2n) is 7.53. The molecule has 9 nitrogen and oxygen atoms in total. The molecule has 0 atom stereocenters. The predicted molar refractivity (Wildman–Crippen MR) is 112 cm³/mol. The molecule has 1 saturated carbocycles. The van der Waals surface area contributed by atoms with Crippen LogP contribution < -0.4 is 10.5 Å². The molecule has 0 amide bonds. The monoisotopic (exact) mass is 503 g/mol. The van der Waals surface area contributed by atoms with E-state index in [2.05, 4.69) is 36.7 Å². The van der Waals surface area contributed by atoms with Crippen LogP contribution in [-0.2, 0) is 16.4 Å². The number of hydrogen-bond acceptors (Lipinski definition) is 8. The van der Waals surface area contributed by atoms with Crippen LogP contribution >= 0.6 is 15.9 Å². The van der Waals surface area contributed by atoms with Crippen LogP contribution in [0.4, 0.5) is 10.2 Å². The highest BCUT2D eigenvalue weighted by atomic mass is 79.9. The van der Waals surface area contributed by atoms with Crippen molar-refractivity contribution in [3.63, 3.8) is 0 Å². The minimum atomic E-state index is -3.44. The Morgan fingerprint density at radius 1 is 1.30 bits per heavy atom. The number of rotatable bonds is 8. The third-order valence-corrected chi connectivity index (χ3v) is 6.77. The SMILES string of the molecule is NS(=O)(=O)CC1CCC(CNc2nonc2C(Cc2ccc(F)c(Br)c2)=NO)CC1. The van der Waals surface area contributed by atoms with E-state index in [1.54, 1.807) is 12.1 Å². The van der Waals surface area contributed by atoms with Crippen molar-refractivity contribution in [1.82, 2.24) is 10.3 Å². The zero-order valence-electron chi connectivity index (χ0n) is 16.1. The lowest BCUT2D eigenvalue weighted by molar-refractivity contribution is 0.297. The van der Waals surface area contributed by atoms with E-state index < -0.39 is 10.0 Å². The number of oxime groups is 1. The van der Waals surface area contributed by atoms with E-state index in [9.17, 15) is 18.0 Å². The topological polar surface area (TPSA) is 144 Å². The maximum atomic E-state index is 13.4. The van der Waals surface area contributed by atoms with Crippen molar-refractivity contribution < 1.29 is 22.6 Å². The van der Waals surface area contributed by atoms with Crippen LogP contribution in [0.3, 0.4) is 0 Å². The predicted octanol–water partition coefficient (Wildman–Crippen LogP) is 2.90. The Morgan fingerprint density at radius 2 is 2.00 bits per heavy atom. The number of nitrogens with zero attached hydrogens (tertiary/aromatic N) is 3. The van der Waals surface area contributed by atoms with Crippen molar-refractivity contribution in [3.8, 4) is 0 Å². The maximum absolute atomic E-state index is 13.4. The number of primary sulfonamides is 1. The molecule has 1 aliphatic rings. The first-order valence-electron chi connectivity index (χ1n) is 9.47. The highest BCUT2D eigenvalue weighted by Crippen LogP contribution is 2.30. The van der Waals surface area contributed by atoms with Gasteiger partial charge < -0.3 is 10.5 Å². The standard InChI is InChI=1S/C18H23BrFN5O4S/c19-14-7-13(5-6-15(14)20)8-16(23-26)17-18(25-29-24-17)22-9-11-1-3-12(4-2-11)10-30(21,27)28/h5-7,11-12,26H,1-4,8-10H2,(H,22,25)(H2,21,27,28). The summed E-state index contributed by atoms with van der Waals surface area (Å²) in [7, 11) is -3.44. The average Bonchev–Trinajstić information content (AvgIpc) is 3.15. The highest BCUT2D eigenvalue weighted by molar-refractivity contribution is 9.10. The van der Waals surface area contributed by atoms with Crippen molar-refractivity contribution in [2.24, 2.45) is 22.1 Å². The summed E-state index contributed by atoms with van der Waals surface area (Å²) < 4.78 is 41.0. The first-order valence-corrected chi connectivity index (χ1v) is 12.0. The van der Waals surface area contributed by atoms with Crippen LogP contribution in [0, 0.1) is 17.7 Å². The molecule has 30 heavy (non-hydrogen) atoms. The summed E-state index contributed by atoms with van der Waals surface area (Å²) in [4.78, 5) is 0. The lowest BCUT2D eigenvalue weighted by atomic mass is 9.83.